The van der Waals surface area contributed by atoms with E-state index in [4.69, 9.17) is 4.74 Å². The second-order valence-electron chi connectivity index (χ2n) is 4.36. The maximum absolute atomic E-state index is 11.4. The molecule has 0 aliphatic heterocycles. The number of nitrogens with one attached hydrogen (secondary N) is 1. The fraction of sp³-hybridized carbons (Fsp3) is 0.214. The molecule has 1 N–H and O–H groups in total. The molecule has 106 valence electrons. The zero-order valence-electron chi connectivity index (χ0n) is 11.3. The standard InChI is InChI=1S/C14H16N2O3S/c1-19-14-9-12(7-8-15-14)16-10-11-3-5-13(6-4-11)20(2,17)18/h3-9H,10H2,1-2H3,(H,15,16). The van der Waals surface area contributed by atoms with E-state index >= 15 is 0 Å². The molecular formula is C14H16N2O3S. The number of benzene rings is 1. The van der Waals surface area contributed by atoms with E-state index < -0.39 is 9.84 Å². The average Bonchev–Trinajstić information content (AvgIpc) is 2.45. The molecule has 0 fully saturated rings. The molecule has 5 nitrogen and oxygen atoms in total. The van der Waals surface area contributed by atoms with Gasteiger partial charge in [0.25, 0.3) is 0 Å². The molecule has 2 rings (SSSR count). The van der Waals surface area contributed by atoms with Gasteiger partial charge in [-0.1, -0.05) is 12.1 Å². The fourth-order valence-electron chi connectivity index (χ4n) is 1.69. The van der Waals surface area contributed by atoms with Gasteiger partial charge in [0.1, 0.15) is 0 Å². The first-order chi connectivity index (χ1) is 9.49. The van der Waals surface area contributed by atoms with Crippen molar-refractivity contribution in [1.82, 2.24) is 4.98 Å². The Morgan fingerprint density at radius 3 is 2.50 bits per heavy atom. The SMILES string of the molecule is COc1cc(NCc2ccc(S(C)(=O)=O)cc2)ccn1. The number of ether oxygens (including phenoxy) is 1. The Morgan fingerprint density at radius 1 is 1.20 bits per heavy atom. The van der Waals surface area contributed by atoms with E-state index in [9.17, 15) is 8.42 Å². The minimum absolute atomic E-state index is 0.326. The molecule has 0 saturated carbocycles. The lowest BCUT2D eigenvalue weighted by molar-refractivity contribution is 0.398. The number of methoxy groups -OCH3 is 1. The zero-order chi connectivity index (χ0) is 14.6. The second kappa shape index (κ2) is 5.92. The van der Waals surface area contributed by atoms with E-state index in [2.05, 4.69) is 10.3 Å². The maximum atomic E-state index is 11.4. The van der Waals surface area contributed by atoms with Crippen LogP contribution in [0.3, 0.4) is 0 Å². The number of nitrogens with zero attached hydrogens (tertiary/aromatic N) is 1. The molecule has 0 saturated heterocycles. The smallest absolute Gasteiger partial charge is 0.214 e. The number of pyridine rings is 1. The molecule has 0 aliphatic carbocycles. The Labute approximate surface area is 118 Å². The summed E-state index contributed by atoms with van der Waals surface area (Å²) < 4.78 is 27.8. The quantitative estimate of drug-likeness (QED) is 0.914. The first-order valence-corrected chi connectivity index (χ1v) is 7.91. The summed E-state index contributed by atoms with van der Waals surface area (Å²) in [5.41, 5.74) is 1.89. The van der Waals surface area contributed by atoms with E-state index in [1.165, 1.54) is 6.26 Å². The highest BCUT2D eigenvalue weighted by molar-refractivity contribution is 7.90. The van der Waals surface area contributed by atoms with Crippen LogP contribution >= 0.6 is 0 Å². The third kappa shape index (κ3) is 3.71. The van der Waals surface area contributed by atoms with Gasteiger partial charge >= 0.3 is 0 Å². The summed E-state index contributed by atoms with van der Waals surface area (Å²) in [5.74, 6) is 0.544. The van der Waals surface area contributed by atoms with Crippen molar-refractivity contribution in [2.24, 2.45) is 0 Å². The Bertz CT molecular complexity index is 682. The van der Waals surface area contributed by atoms with Gasteiger partial charge in [-0.25, -0.2) is 13.4 Å². The van der Waals surface area contributed by atoms with Crippen LogP contribution < -0.4 is 10.1 Å². The lowest BCUT2D eigenvalue weighted by atomic mass is 10.2. The van der Waals surface area contributed by atoms with Crippen molar-refractivity contribution >= 4 is 15.5 Å². The number of hydrogen-bond acceptors (Lipinski definition) is 5. The van der Waals surface area contributed by atoms with Crippen molar-refractivity contribution in [2.75, 3.05) is 18.7 Å². The van der Waals surface area contributed by atoms with Gasteiger partial charge in [0.05, 0.1) is 12.0 Å². The predicted molar refractivity (Wildman–Crippen MR) is 77.7 cm³/mol. The molecule has 2 aromatic rings. The Hall–Kier alpha value is -2.08. The van der Waals surface area contributed by atoms with Gasteiger partial charge in [0.2, 0.25) is 5.88 Å². The fourth-order valence-corrected chi connectivity index (χ4v) is 2.32. The third-order valence-corrected chi connectivity index (χ3v) is 3.92. The molecule has 6 heteroatoms. The number of anilines is 1. The molecule has 1 aromatic carbocycles. The van der Waals surface area contributed by atoms with E-state index in [1.807, 2.05) is 6.07 Å². The summed E-state index contributed by atoms with van der Waals surface area (Å²) in [7, 11) is -1.58. The molecule has 0 atom stereocenters. The van der Waals surface area contributed by atoms with Gasteiger partial charge < -0.3 is 10.1 Å². The van der Waals surface area contributed by atoms with Crippen LogP contribution in [0.2, 0.25) is 0 Å². The predicted octanol–water partition coefficient (Wildman–Crippen LogP) is 2.11. The lowest BCUT2D eigenvalue weighted by Gasteiger charge is -2.08. The summed E-state index contributed by atoms with van der Waals surface area (Å²) in [4.78, 5) is 4.35. The topological polar surface area (TPSA) is 68.3 Å². The highest BCUT2D eigenvalue weighted by Crippen LogP contribution is 2.15. The van der Waals surface area contributed by atoms with Crippen LogP contribution in [0.5, 0.6) is 5.88 Å². The van der Waals surface area contributed by atoms with Crippen LogP contribution in [-0.4, -0.2) is 26.8 Å². The van der Waals surface area contributed by atoms with Crippen molar-refractivity contribution in [3.8, 4) is 5.88 Å². The molecule has 0 unspecified atom stereocenters. The van der Waals surface area contributed by atoms with Gasteiger partial charge in [-0.3, -0.25) is 0 Å². The Morgan fingerprint density at radius 2 is 1.90 bits per heavy atom. The molecule has 0 radical (unpaired) electrons. The molecule has 1 heterocycles. The van der Waals surface area contributed by atoms with Gasteiger partial charge in [0, 0.05) is 30.8 Å². The minimum Gasteiger partial charge on any atom is -0.481 e. The van der Waals surface area contributed by atoms with Gasteiger partial charge in [-0.05, 0) is 23.8 Å². The molecule has 0 spiro atoms. The first-order valence-electron chi connectivity index (χ1n) is 6.02. The number of aromatic nitrogens is 1. The third-order valence-electron chi connectivity index (χ3n) is 2.79. The average molecular weight is 292 g/mol. The highest BCUT2D eigenvalue weighted by atomic mass is 32.2. The summed E-state index contributed by atoms with van der Waals surface area (Å²) >= 11 is 0. The van der Waals surface area contributed by atoms with E-state index in [-0.39, 0.29) is 0 Å². The monoisotopic (exact) mass is 292 g/mol. The summed E-state index contributed by atoms with van der Waals surface area (Å²) in [6, 6.07) is 10.4. The zero-order valence-corrected chi connectivity index (χ0v) is 12.1. The molecular weight excluding hydrogens is 276 g/mol. The number of sulfone groups is 1. The number of hydrogen-bond donors (Lipinski definition) is 1. The van der Waals surface area contributed by atoms with Crippen LogP contribution in [0.15, 0.2) is 47.5 Å². The van der Waals surface area contributed by atoms with Crippen LogP contribution in [0.4, 0.5) is 5.69 Å². The summed E-state index contributed by atoms with van der Waals surface area (Å²) in [5, 5.41) is 3.22. The molecule has 1 aromatic heterocycles. The van der Waals surface area contributed by atoms with Crippen molar-refractivity contribution in [3.05, 3.63) is 48.2 Å². The highest BCUT2D eigenvalue weighted by Gasteiger charge is 2.06. The summed E-state index contributed by atoms with van der Waals surface area (Å²) in [6.45, 7) is 0.594. The minimum atomic E-state index is -3.14. The van der Waals surface area contributed by atoms with Crippen molar-refractivity contribution in [3.63, 3.8) is 0 Å². The largest absolute Gasteiger partial charge is 0.481 e. The first kappa shape index (κ1) is 14.3. The van der Waals surface area contributed by atoms with Crippen LogP contribution in [0, 0.1) is 0 Å². The normalized spacial score (nSPS) is 11.1. The van der Waals surface area contributed by atoms with Crippen molar-refractivity contribution in [2.45, 2.75) is 11.4 Å². The van der Waals surface area contributed by atoms with Crippen molar-refractivity contribution < 1.29 is 13.2 Å². The van der Waals surface area contributed by atoms with E-state index in [1.54, 1.807) is 43.6 Å². The molecule has 20 heavy (non-hydrogen) atoms. The van der Waals surface area contributed by atoms with Gasteiger partial charge in [0.15, 0.2) is 9.84 Å². The molecule has 0 aliphatic rings. The maximum Gasteiger partial charge on any atom is 0.214 e. The van der Waals surface area contributed by atoms with E-state index in [0.717, 1.165) is 11.3 Å². The van der Waals surface area contributed by atoms with E-state index in [0.29, 0.717) is 17.3 Å². The number of rotatable bonds is 5. The summed E-state index contributed by atoms with van der Waals surface area (Å²) in [6.07, 6.45) is 2.86. The lowest BCUT2D eigenvalue weighted by Crippen LogP contribution is -2.01. The molecule has 0 amide bonds. The molecule has 0 bridgehead atoms. The van der Waals surface area contributed by atoms with Gasteiger partial charge in [-0.2, -0.15) is 0 Å². The van der Waals surface area contributed by atoms with Crippen LogP contribution in [0.25, 0.3) is 0 Å². The van der Waals surface area contributed by atoms with Gasteiger partial charge in [-0.15, -0.1) is 0 Å². The van der Waals surface area contributed by atoms with Crippen LogP contribution in [0.1, 0.15) is 5.56 Å². The van der Waals surface area contributed by atoms with Crippen molar-refractivity contribution in [1.29, 1.82) is 0 Å². The second-order valence-corrected chi connectivity index (χ2v) is 6.37. The van der Waals surface area contributed by atoms with Crippen LogP contribution in [-0.2, 0) is 16.4 Å². The Balaban J connectivity index is 2.04. The Kier molecular flexibility index (Phi) is 4.24.